The minimum atomic E-state index is 0.760. The number of hydrogen-bond donors (Lipinski definition) is 0. The first kappa shape index (κ1) is 8.14. The average Bonchev–Trinajstić information content (AvgIpc) is 1.84. The SMILES string of the molecule is Cc1nc(Br)c(Br)nc1C. The molecule has 0 atom stereocenters. The molecular weight excluding hydrogens is 260 g/mol. The van der Waals surface area contributed by atoms with Crippen LogP contribution in [0.25, 0.3) is 0 Å². The van der Waals surface area contributed by atoms with Crippen molar-refractivity contribution in [2.45, 2.75) is 13.8 Å². The molecule has 1 rings (SSSR count). The topological polar surface area (TPSA) is 25.8 Å². The van der Waals surface area contributed by atoms with E-state index in [0.29, 0.717) is 0 Å². The number of nitrogens with zero attached hydrogens (tertiary/aromatic N) is 2. The van der Waals surface area contributed by atoms with E-state index in [9.17, 15) is 0 Å². The van der Waals surface area contributed by atoms with Gasteiger partial charge in [0, 0.05) is 0 Å². The summed E-state index contributed by atoms with van der Waals surface area (Å²) in [4.78, 5) is 8.36. The van der Waals surface area contributed by atoms with Gasteiger partial charge >= 0.3 is 0 Å². The van der Waals surface area contributed by atoms with Gasteiger partial charge in [-0.1, -0.05) is 0 Å². The first-order valence-corrected chi connectivity index (χ1v) is 4.36. The lowest BCUT2D eigenvalue weighted by Gasteiger charge is -1.99. The highest BCUT2D eigenvalue weighted by Crippen LogP contribution is 2.18. The predicted octanol–water partition coefficient (Wildman–Crippen LogP) is 2.62. The van der Waals surface area contributed by atoms with E-state index >= 15 is 0 Å². The Morgan fingerprint density at radius 3 is 1.50 bits per heavy atom. The van der Waals surface area contributed by atoms with Gasteiger partial charge in [-0.3, -0.25) is 0 Å². The first-order chi connectivity index (χ1) is 4.61. The fourth-order valence-corrected chi connectivity index (χ4v) is 1.26. The normalized spacial score (nSPS) is 10.0. The number of hydrogen-bond acceptors (Lipinski definition) is 2. The van der Waals surface area contributed by atoms with Crippen molar-refractivity contribution in [1.82, 2.24) is 9.97 Å². The molecule has 0 unspecified atom stereocenters. The molecule has 2 nitrogen and oxygen atoms in total. The van der Waals surface area contributed by atoms with Crippen LogP contribution in [0.2, 0.25) is 0 Å². The van der Waals surface area contributed by atoms with Gasteiger partial charge in [-0.15, -0.1) is 0 Å². The van der Waals surface area contributed by atoms with Gasteiger partial charge in [0.1, 0.15) is 9.21 Å². The summed E-state index contributed by atoms with van der Waals surface area (Å²) in [5.74, 6) is 0. The Bertz CT molecular complexity index is 210. The Morgan fingerprint density at radius 1 is 0.900 bits per heavy atom. The summed E-state index contributed by atoms with van der Waals surface area (Å²) in [7, 11) is 0. The summed E-state index contributed by atoms with van der Waals surface area (Å²) in [5.41, 5.74) is 1.91. The molecule has 0 aliphatic rings. The lowest BCUT2D eigenvalue weighted by Crippen LogP contribution is -1.92. The van der Waals surface area contributed by atoms with Crippen LogP contribution in [0.3, 0.4) is 0 Å². The van der Waals surface area contributed by atoms with Crippen LogP contribution in [-0.4, -0.2) is 9.97 Å². The van der Waals surface area contributed by atoms with Crippen LogP contribution in [0.15, 0.2) is 9.21 Å². The Kier molecular flexibility index (Phi) is 2.41. The van der Waals surface area contributed by atoms with Crippen molar-refractivity contribution in [2.24, 2.45) is 0 Å². The summed E-state index contributed by atoms with van der Waals surface area (Å²) in [6.07, 6.45) is 0. The predicted molar refractivity (Wildman–Crippen MR) is 46.9 cm³/mol. The maximum Gasteiger partial charge on any atom is 0.139 e. The van der Waals surface area contributed by atoms with E-state index in [2.05, 4.69) is 41.8 Å². The summed E-state index contributed by atoms with van der Waals surface area (Å²) >= 11 is 6.52. The number of aryl methyl sites for hydroxylation is 2. The van der Waals surface area contributed by atoms with Crippen molar-refractivity contribution in [3.05, 3.63) is 20.6 Å². The Morgan fingerprint density at radius 2 is 1.20 bits per heavy atom. The quantitative estimate of drug-likeness (QED) is 0.721. The maximum absolute atomic E-state index is 4.18. The highest BCUT2D eigenvalue weighted by molar-refractivity contribution is 9.13. The van der Waals surface area contributed by atoms with E-state index in [0.717, 1.165) is 20.6 Å². The van der Waals surface area contributed by atoms with E-state index in [-0.39, 0.29) is 0 Å². The third-order valence-electron chi connectivity index (χ3n) is 1.23. The third kappa shape index (κ3) is 1.55. The van der Waals surface area contributed by atoms with Crippen molar-refractivity contribution in [3.8, 4) is 0 Å². The molecule has 0 amide bonds. The minimum absolute atomic E-state index is 0.760. The minimum Gasteiger partial charge on any atom is -0.241 e. The summed E-state index contributed by atoms with van der Waals surface area (Å²) < 4.78 is 1.52. The molecule has 1 aromatic rings. The Balaban J connectivity index is 3.28. The highest BCUT2D eigenvalue weighted by Gasteiger charge is 2.01. The van der Waals surface area contributed by atoms with Gasteiger partial charge in [0.25, 0.3) is 0 Å². The molecule has 0 fully saturated rings. The fourth-order valence-electron chi connectivity index (χ4n) is 0.549. The van der Waals surface area contributed by atoms with Crippen molar-refractivity contribution in [3.63, 3.8) is 0 Å². The first-order valence-electron chi connectivity index (χ1n) is 2.77. The molecular formula is C6H6Br2N2. The average molecular weight is 266 g/mol. The summed E-state index contributed by atoms with van der Waals surface area (Å²) in [6, 6.07) is 0. The van der Waals surface area contributed by atoms with Crippen LogP contribution in [0.4, 0.5) is 0 Å². The van der Waals surface area contributed by atoms with Crippen molar-refractivity contribution in [2.75, 3.05) is 0 Å². The zero-order valence-electron chi connectivity index (χ0n) is 5.65. The molecule has 0 aromatic carbocycles. The van der Waals surface area contributed by atoms with Crippen LogP contribution in [-0.2, 0) is 0 Å². The van der Waals surface area contributed by atoms with Crippen molar-refractivity contribution >= 4 is 31.9 Å². The molecule has 0 spiro atoms. The largest absolute Gasteiger partial charge is 0.241 e. The van der Waals surface area contributed by atoms with Gasteiger partial charge in [-0.05, 0) is 45.7 Å². The zero-order chi connectivity index (χ0) is 7.72. The van der Waals surface area contributed by atoms with Crippen LogP contribution in [0, 0.1) is 13.8 Å². The summed E-state index contributed by atoms with van der Waals surface area (Å²) in [5, 5.41) is 0. The Labute approximate surface area is 76.3 Å². The standard InChI is InChI=1S/C6H6Br2N2/c1-3-4(2)10-6(8)5(7)9-3/h1-2H3. The molecule has 0 saturated carbocycles. The van der Waals surface area contributed by atoms with Crippen LogP contribution in [0.5, 0.6) is 0 Å². The lowest BCUT2D eigenvalue weighted by molar-refractivity contribution is 1.00. The Hall–Kier alpha value is 0.0400. The molecule has 0 N–H and O–H groups in total. The van der Waals surface area contributed by atoms with Gasteiger partial charge in [0.15, 0.2) is 0 Å². The molecule has 54 valence electrons. The van der Waals surface area contributed by atoms with Gasteiger partial charge in [-0.25, -0.2) is 9.97 Å². The van der Waals surface area contributed by atoms with Crippen LogP contribution >= 0.6 is 31.9 Å². The second-order valence-corrected chi connectivity index (χ2v) is 3.48. The highest BCUT2D eigenvalue weighted by atomic mass is 79.9. The molecule has 0 aliphatic carbocycles. The van der Waals surface area contributed by atoms with Gasteiger partial charge in [0.2, 0.25) is 0 Å². The van der Waals surface area contributed by atoms with E-state index in [4.69, 9.17) is 0 Å². The van der Waals surface area contributed by atoms with Gasteiger partial charge in [0.05, 0.1) is 11.4 Å². The molecule has 0 bridgehead atoms. The van der Waals surface area contributed by atoms with Gasteiger partial charge in [-0.2, -0.15) is 0 Å². The molecule has 10 heavy (non-hydrogen) atoms. The number of halogens is 2. The second kappa shape index (κ2) is 2.96. The van der Waals surface area contributed by atoms with Crippen LogP contribution in [0.1, 0.15) is 11.4 Å². The monoisotopic (exact) mass is 264 g/mol. The number of aromatic nitrogens is 2. The molecule has 1 heterocycles. The lowest BCUT2D eigenvalue weighted by atomic mass is 10.4. The van der Waals surface area contributed by atoms with E-state index < -0.39 is 0 Å². The molecule has 0 aliphatic heterocycles. The fraction of sp³-hybridized carbons (Fsp3) is 0.333. The van der Waals surface area contributed by atoms with E-state index in [1.165, 1.54) is 0 Å². The van der Waals surface area contributed by atoms with Crippen LogP contribution < -0.4 is 0 Å². The molecule has 0 saturated heterocycles. The van der Waals surface area contributed by atoms with E-state index in [1.807, 2.05) is 13.8 Å². The van der Waals surface area contributed by atoms with Crippen molar-refractivity contribution in [1.29, 1.82) is 0 Å². The number of rotatable bonds is 0. The van der Waals surface area contributed by atoms with Crippen molar-refractivity contribution < 1.29 is 0 Å². The smallest absolute Gasteiger partial charge is 0.139 e. The molecule has 1 aromatic heterocycles. The summed E-state index contributed by atoms with van der Waals surface area (Å²) in [6.45, 7) is 3.86. The molecule has 0 radical (unpaired) electrons. The maximum atomic E-state index is 4.18. The van der Waals surface area contributed by atoms with Gasteiger partial charge < -0.3 is 0 Å². The zero-order valence-corrected chi connectivity index (χ0v) is 8.82. The second-order valence-electron chi connectivity index (χ2n) is 1.98. The molecule has 4 heteroatoms. The third-order valence-corrected chi connectivity index (χ3v) is 2.86. The van der Waals surface area contributed by atoms with E-state index in [1.54, 1.807) is 0 Å².